The molecule has 0 unspecified atom stereocenters. The molecule has 2 heterocycles. The smallest absolute Gasteiger partial charge is 0.274 e. The molecule has 1 amide bonds. The van der Waals surface area contributed by atoms with Gasteiger partial charge in [-0.1, -0.05) is 12.1 Å². The van der Waals surface area contributed by atoms with Crippen LogP contribution in [0.15, 0.2) is 46.7 Å². The van der Waals surface area contributed by atoms with Crippen LogP contribution < -0.4 is 15.5 Å². The normalized spacial score (nSPS) is 10.6. The standard InChI is InChI=1S/C18H16FN3O3S/c1-11-10-26-18(20-11)21-17(24)14-7-15(23)16(8-22(14)2)25-9-12-3-5-13(19)6-4-12/h3-8,10H,9H2,1-2H3,(H,20,21,24). The molecule has 0 fully saturated rings. The van der Waals surface area contributed by atoms with Crippen molar-refractivity contribution in [3.05, 3.63) is 74.9 Å². The lowest BCUT2D eigenvalue weighted by atomic mass is 10.2. The quantitative estimate of drug-likeness (QED) is 0.746. The number of hydrogen-bond donors (Lipinski definition) is 1. The van der Waals surface area contributed by atoms with Crippen molar-refractivity contribution < 1.29 is 13.9 Å². The second-order valence-electron chi connectivity index (χ2n) is 5.66. The summed E-state index contributed by atoms with van der Waals surface area (Å²) < 4.78 is 19.9. The first-order valence-corrected chi connectivity index (χ1v) is 8.62. The van der Waals surface area contributed by atoms with Gasteiger partial charge in [0.25, 0.3) is 5.91 Å². The Morgan fingerprint density at radius 2 is 2.08 bits per heavy atom. The summed E-state index contributed by atoms with van der Waals surface area (Å²) in [5.74, 6) is -0.655. The van der Waals surface area contributed by atoms with Crippen LogP contribution in [0.2, 0.25) is 0 Å². The molecule has 8 heteroatoms. The van der Waals surface area contributed by atoms with Crippen LogP contribution in [-0.4, -0.2) is 15.5 Å². The molecule has 1 N–H and O–H groups in total. The number of halogens is 1. The number of nitrogens with zero attached hydrogens (tertiary/aromatic N) is 2. The number of aromatic nitrogens is 2. The number of anilines is 1. The van der Waals surface area contributed by atoms with Gasteiger partial charge in [-0.15, -0.1) is 11.3 Å². The van der Waals surface area contributed by atoms with Crippen molar-refractivity contribution in [1.82, 2.24) is 9.55 Å². The van der Waals surface area contributed by atoms with E-state index in [1.165, 1.54) is 40.3 Å². The maximum absolute atomic E-state index is 12.9. The Morgan fingerprint density at radius 1 is 1.35 bits per heavy atom. The van der Waals surface area contributed by atoms with Crippen LogP contribution in [0.25, 0.3) is 0 Å². The van der Waals surface area contributed by atoms with Gasteiger partial charge in [0.15, 0.2) is 10.9 Å². The van der Waals surface area contributed by atoms with Gasteiger partial charge in [0, 0.05) is 18.5 Å². The van der Waals surface area contributed by atoms with Gasteiger partial charge < -0.3 is 9.30 Å². The average Bonchev–Trinajstić information content (AvgIpc) is 3.01. The van der Waals surface area contributed by atoms with E-state index in [9.17, 15) is 14.0 Å². The van der Waals surface area contributed by atoms with E-state index < -0.39 is 11.3 Å². The number of carbonyl (C=O) groups is 1. The van der Waals surface area contributed by atoms with Crippen molar-refractivity contribution in [1.29, 1.82) is 0 Å². The lowest BCUT2D eigenvalue weighted by Crippen LogP contribution is -2.21. The van der Waals surface area contributed by atoms with E-state index in [2.05, 4.69) is 10.3 Å². The molecule has 0 radical (unpaired) electrons. The van der Waals surface area contributed by atoms with E-state index in [1.54, 1.807) is 19.2 Å². The highest BCUT2D eigenvalue weighted by atomic mass is 32.1. The maximum Gasteiger partial charge on any atom is 0.274 e. The number of ether oxygens (including phenoxy) is 1. The highest BCUT2D eigenvalue weighted by Crippen LogP contribution is 2.16. The molecule has 1 aromatic carbocycles. The molecule has 134 valence electrons. The van der Waals surface area contributed by atoms with E-state index in [4.69, 9.17) is 4.74 Å². The molecule has 26 heavy (non-hydrogen) atoms. The third-order valence-corrected chi connectivity index (χ3v) is 4.46. The van der Waals surface area contributed by atoms with Crippen LogP contribution in [0.5, 0.6) is 5.75 Å². The molecule has 3 aromatic rings. The van der Waals surface area contributed by atoms with E-state index in [1.807, 2.05) is 12.3 Å². The number of amides is 1. The van der Waals surface area contributed by atoms with E-state index >= 15 is 0 Å². The van der Waals surface area contributed by atoms with Crippen LogP contribution in [0.1, 0.15) is 21.7 Å². The molecule has 0 aliphatic carbocycles. The highest BCUT2D eigenvalue weighted by molar-refractivity contribution is 7.13. The second kappa shape index (κ2) is 7.49. The van der Waals surface area contributed by atoms with Gasteiger partial charge in [-0.2, -0.15) is 0 Å². The van der Waals surface area contributed by atoms with Crippen LogP contribution in [0.4, 0.5) is 9.52 Å². The summed E-state index contributed by atoms with van der Waals surface area (Å²) >= 11 is 1.31. The SMILES string of the molecule is Cc1csc(NC(=O)c2cc(=O)c(OCc3ccc(F)cc3)cn2C)n1. The number of hydrogen-bond acceptors (Lipinski definition) is 5. The minimum Gasteiger partial charge on any atom is -0.483 e. The first-order valence-electron chi connectivity index (χ1n) is 7.74. The zero-order valence-corrected chi connectivity index (χ0v) is 15.0. The predicted octanol–water partition coefficient (Wildman–Crippen LogP) is 3.12. The lowest BCUT2D eigenvalue weighted by Gasteiger charge is -2.11. The zero-order valence-electron chi connectivity index (χ0n) is 14.2. The highest BCUT2D eigenvalue weighted by Gasteiger charge is 2.14. The number of thiazole rings is 1. The number of rotatable bonds is 5. The number of benzene rings is 1. The molecule has 0 saturated carbocycles. The Labute approximate surface area is 152 Å². The van der Waals surface area contributed by atoms with Gasteiger partial charge in [0.1, 0.15) is 18.1 Å². The summed E-state index contributed by atoms with van der Waals surface area (Å²) in [7, 11) is 1.65. The Morgan fingerprint density at radius 3 is 2.73 bits per heavy atom. The maximum atomic E-state index is 12.9. The molecule has 0 spiro atoms. The minimum absolute atomic E-state index is 0.110. The number of carbonyl (C=O) groups excluding carboxylic acids is 1. The molecule has 2 aromatic heterocycles. The number of nitrogens with one attached hydrogen (secondary N) is 1. The van der Waals surface area contributed by atoms with Crippen LogP contribution in [0, 0.1) is 12.7 Å². The van der Waals surface area contributed by atoms with Crippen LogP contribution >= 0.6 is 11.3 Å². The molecular weight excluding hydrogens is 357 g/mol. The fourth-order valence-electron chi connectivity index (χ4n) is 2.25. The van der Waals surface area contributed by atoms with E-state index in [0.29, 0.717) is 5.13 Å². The van der Waals surface area contributed by atoms with Crippen molar-refractivity contribution in [3.63, 3.8) is 0 Å². The predicted molar refractivity (Wildman–Crippen MR) is 97.2 cm³/mol. The molecule has 0 bridgehead atoms. The van der Waals surface area contributed by atoms with Crippen molar-refractivity contribution in [3.8, 4) is 5.75 Å². The summed E-state index contributed by atoms with van der Waals surface area (Å²) in [5, 5.41) is 4.95. The Kier molecular flexibility index (Phi) is 5.13. The Hall–Kier alpha value is -3.00. The third-order valence-electron chi connectivity index (χ3n) is 3.58. The van der Waals surface area contributed by atoms with Gasteiger partial charge >= 0.3 is 0 Å². The topological polar surface area (TPSA) is 73.2 Å². The fraction of sp³-hybridized carbons (Fsp3) is 0.167. The molecule has 0 aliphatic rings. The van der Waals surface area contributed by atoms with Gasteiger partial charge in [0.2, 0.25) is 5.43 Å². The Bertz CT molecular complexity index is 996. The van der Waals surface area contributed by atoms with Crippen LogP contribution in [-0.2, 0) is 13.7 Å². The molecule has 3 rings (SSSR count). The van der Waals surface area contributed by atoms with Gasteiger partial charge in [-0.3, -0.25) is 14.9 Å². The molecule has 0 atom stereocenters. The fourth-order valence-corrected chi connectivity index (χ4v) is 2.94. The molecule has 6 nitrogen and oxygen atoms in total. The molecule has 0 saturated heterocycles. The van der Waals surface area contributed by atoms with Crippen LogP contribution in [0.3, 0.4) is 0 Å². The van der Waals surface area contributed by atoms with Crippen molar-refractivity contribution in [2.24, 2.45) is 7.05 Å². The monoisotopic (exact) mass is 373 g/mol. The summed E-state index contributed by atoms with van der Waals surface area (Å²) in [6, 6.07) is 7.03. The summed E-state index contributed by atoms with van der Waals surface area (Å²) in [4.78, 5) is 28.7. The zero-order chi connectivity index (χ0) is 18.7. The number of aryl methyl sites for hydroxylation is 2. The minimum atomic E-state index is -0.427. The third kappa shape index (κ3) is 4.15. The summed E-state index contributed by atoms with van der Waals surface area (Å²) in [5.41, 5.74) is 1.32. The van der Waals surface area contributed by atoms with Crippen molar-refractivity contribution in [2.45, 2.75) is 13.5 Å². The van der Waals surface area contributed by atoms with Crippen molar-refractivity contribution >= 4 is 22.4 Å². The average molecular weight is 373 g/mol. The Balaban J connectivity index is 1.74. The van der Waals surface area contributed by atoms with E-state index in [-0.39, 0.29) is 23.9 Å². The van der Waals surface area contributed by atoms with E-state index in [0.717, 1.165) is 11.3 Å². The number of pyridine rings is 1. The molecule has 0 aliphatic heterocycles. The second-order valence-corrected chi connectivity index (χ2v) is 6.52. The first-order chi connectivity index (χ1) is 12.4. The van der Waals surface area contributed by atoms with Crippen molar-refractivity contribution in [2.75, 3.05) is 5.32 Å². The van der Waals surface area contributed by atoms with Gasteiger partial charge in [-0.05, 0) is 24.6 Å². The molecular formula is C18H16FN3O3S. The summed E-state index contributed by atoms with van der Waals surface area (Å²) in [6.07, 6.45) is 1.45. The summed E-state index contributed by atoms with van der Waals surface area (Å²) in [6.45, 7) is 1.95. The first kappa shape index (κ1) is 17.8. The van der Waals surface area contributed by atoms with Gasteiger partial charge in [0.05, 0.1) is 11.9 Å². The largest absolute Gasteiger partial charge is 0.483 e. The van der Waals surface area contributed by atoms with Gasteiger partial charge in [-0.25, -0.2) is 9.37 Å². The lowest BCUT2D eigenvalue weighted by molar-refractivity contribution is 0.101.